The van der Waals surface area contributed by atoms with E-state index < -0.39 is 5.97 Å². The highest BCUT2D eigenvalue weighted by molar-refractivity contribution is 7.99. The third-order valence-corrected chi connectivity index (χ3v) is 3.00. The molecule has 0 aliphatic rings. The fraction of sp³-hybridized carbons (Fsp3) is 0.333. The molecule has 0 atom stereocenters. The van der Waals surface area contributed by atoms with Crippen molar-refractivity contribution in [1.29, 1.82) is 0 Å². The summed E-state index contributed by atoms with van der Waals surface area (Å²) < 4.78 is 0. The molecule has 17 heavy (non-hydrogen) atoms. The van der Waals surface area contributed by atoms with Crippen LogP contribution in [-0.4, -0.2) is 34.1 Å². The Morgan fingerprint density at radius 3 is 3.06 bits per heavy atom. The minimum absolute atomic E-state index is 0.212. The van der Waals surface area contributed by atoms with Gasteiger partial charge in [0.1, 0.15) is 11.4 Å². The summed E-state index contributed by atoms with van der Waals surface area (Å²) in [5.74, 6) is 1.27. The van der Waals surface area contributed by atoms with Crippen molar-refractivity contribution in [3.05, 3.63) is 36.0 Å². The molecule has 0 aliphatic heterocycles. The summed E-state index contributed by atoms with van der Waals surface area (Å²) in [4.78, 5) is 15.2. The van der Waals surface area contributed by atoms with Crippen molar-refractivity contribution < 1.29 is 9.90 Å². The predicted octanol–water partition coefficient (Wildman–Crippen LogP) is 2.42. The second-order valence-electron chi connectivity index (χ2n) is 3.44. The van der Waals surface area contributed by atoms with E-state index in [1.807, 2.05) is 13.0 Å². The van der Waals surface area contributed by atoms with Gasteiger partial charge in [0.05, 0.1) is 0 Å². The SMILES string of the molecule is C=CCSCCNc1nc(C)ccc1C(=O)O. The normalized spacial score (nSPS) is 9.94. The number of hydrogen-bond donors (Lipinski definition) is 2. The van der Waals surface area contributed by atoms with Crippen LogP contribution in [0.15, 0.2) is 24.8 Å². The molecule has 0 saturated heterocycles. The molecule has 1 heterocycles. The number of aromatic nitrogens is 1. The summed E-state index contributed by atoms with van der Waals surface area (Å²) in [5.41, 5.74) is 1.01. The summed E-state index contributed by atoms with van der Waals surface area (Å²) in [6, 6.07) is 3.27. The van der Waals surface area contributed by atoms with Crippen LogP contribution in [0.2, 0.25) is 0 Å². The van der Waals surface area contributed by atoms with Crippen LogP contribution >= 0.6 is 11.8 Å². The Bertz CT molecular complexity index is 407. The van der Waals surface area contributed by atoms with Crippen molar-refractivity contribution in [3.8, 4) is 0 Å². The Kier molecular flexibility index (Phi) is 5.56. The van der Waals surface area contributed by atoms with Crippen molar-refractivity contribution in [3.63, 3.8) is 0 Å². The van der Waals surface area contributed by atoms with Gasteiger partial charge in [0.15, 0.2) is 0 Å². The zero-order valence-electron chi connectivity index (χ0n) is 9.77. The van der Waals surface area contributed by atoms with E-state index in [2.05, 4.69) is 16.9 Å². The summed E-state index contributed by atoms with van der Waals surface area (Å²) in [6.07, 6.45) is 1.85. The van der Waals surface area contributed by atoms with Crippen molar-refractivity contribution >= 4 is 23.5 Å². The molecule has 0 saturated carbocycles. The number of carboxylic acid groups (broad SMARTS) is 1. The molecule has 0 unspecified atom stereocenters. The Labute approximate surface area is 105 Å². The number of rotatable bonds is 7. The number of thioether (sulfide) groups is 1. The van der Waals surface area contributed by atoms with Crippen LogP contribution in [0.3, 0.4) is 0 Å². The first kappa shape index (κ1) is 13.6. The van der Waals surface area contributed by atoms with Crippen LogP contribution in [-0.2, 0) is 0 Å². The maximum Gasteiger partial charge on any atom is 0.339 e. The molecule has 1 aromatic rings. The fourth-order valence-corrected chi connectivity index (χ4v) is 1.85. The monoisotopic (exact) mass is 252 g/mol. The highest BCUT2D eigenvalue weighted by Gasteiger charge is 2.10. The molecule has 4 nitrogen and oxygen atoms in total. The summed E-state index contributed by atoms with van der Waals surface area (Å²) in [7, 11) is 0. The van der Waals surface area contributed by atoms with E-state index in [-0.39, 0.29) is 5.56 Å². The lowest BCUT2D eigenvalue weighted by atomic mass is 10.2. The van der Waals surface area contributed by atoms with Gasteiger partial charge >= 0.3 is 5.97 Å². The van der Waals surface area contributed by atoms with E-state index in [0.717, 1.165) is 17.2 Å². The molecule has 0 amide bonds. The largest absolute Gasteiger partial charge is 0.478 e. The van der Waals surface area contributed by atoms with Crippen molar-refractivity contribution in [2.45, 2.75) is 6.92 Å². The number of carboxylic acids is 1. The second-order valence-corrected chi connectivity index (χ2v) is 4.59. The van der Waals surface area contributed by atoms with Gasteiger partial charge in [-0.25, -0.2) is 9.78 Å². The summed E-state index contributed by atoms with van der Waals surface area (Å²) in [6.45, 7) is 6.16. The number of carbonyl (C=O) groups is 1. The lowest BCUT2D eigenvalue weighted by Gasteiger charge is -2.08. The Morgan fingerprint density at radius 1 is 1.65 bits per heavy atom. The zero-order chi connectivity index (χ0) is 12.7. The van der Waals surface area contributed by atoms with Gasteiger partial charge in [-0.1, -0.05) is 6.08 Å². The highest BCUT2D eigenvalue weighted by atomic mass is 32.2. The third-order valence-electron chi connectivity index (χ3n) is 2.04. The molecule has 0 fully saturated rings. The molecule has 5 heteroatoms. The minimum Gasteiger partial charge on any atom is -0.478 e. The van der Waals surface area contributed by atoms with E-state index in [9.17, 15) is 4.79 Å². The van der Waals surface area contributed by atoms with Gasteiger partial charge in [-0.2, -0.15) is 11.8 Å². The number of aromatic carboxylic acids is 1. The summed E-state index contributed by atoms with van der Waals surface area (Å²) >= 11 is 1.74. The lowest BCUT2D eigenvalue weighted by Crippen LogP contribution is -2.11. The van der Waals surface area contributed by atoms with Crippen molar-refractivity contribution in [2.75, 3.05) is 23.4 Å². The first-order valence-corrected chi connectivity index (χ1v) is 6.44. The van der Waals surface area contributed by atoms with Gasteiger partial charge in [0.25, 0.3) is 0 Å². The van der Waals surface area contributed by atoms with Gasteiger partial charge < -0.3 is 10.4 Å². The summed E-state index contributed by atoms with van der Waals surface area (Å²) in [5, 5.41) is 12.0. The van der Waals surface area contributed by atoms with E-state index in [1.165, 1.54) is 0 Å². The molecule has 92 valence electrons. The van der Waals surface area contributed by atoms with E-state index in [4.69, 9.17) is 5.11 Å². The number of nitrogens with zero attached hydrogens (tertiary/aromatic N) is 1. The number of nitrogens with one attached hydrogen (secondary N) is 1. The van der Waals surface area contributed by atoms with Gasteiger partial charge in [-0.3, -0.25) is 0 Å². The van der Waals surface area contributed by atoms with Crippen LogP contribution < -0.4 is 5.32 Å². The molecular formula is C12H16N2O2S. The molecular weight excluding hydrogens is 236 g/mol. The standard InChI is InChI=1S/C12H16N2O2S/c1-3-7-17-8-6-13-11-10(12(15)16)5-4-9(2)14-11/h3-5H,1,6-8H2,2H3,(H,13,14)(H,15,16). The van der Waals surface area contributed by atoms with E-state index in [0.29, 0.717) is 12.4 Å². The van der Waals surface area contributed by atoms with Crippen molar-refractivity contribution in [1.82, 2.24) is 4.98 Å². The lowest BCUT2D eigenvalue weighted by molar-refractivity contribution is 0.0697. The first-order valence-electron chi connectivity index (χ1n) is 5.28. The van der Waals surface area contributed by atoms with E-state index in [1.54, 1.807) is 23.9 Å². The molecule has 0 aliphatic carbocycles. The molecule has 0 bridgehead atoms. The first-order chi connectivity index (χ1) is 8.15. The second kappa shape index (κ2) is 6.96. The highest BCUT2D eigenvalue weighted by Crippen LogP contribution is 2.13. The quantitative estimate of drug-likeness (QED) is 0.576. The molecule has 2 N–H and O–H groups in total. The zero-order valence-corrected chi connectivity index (χ0v) is 10.6. The van der Waals surface area contributed by atoms with E-state index >= 15 is 0 Å². The fourth-order valence-electron chi connectivity index (χ4n) is 1.27. The Balaban J connectivity index is 2.59. The van der Waals surface area contributed by atoms with Gasteiger partial charge in [-0.05, 0) is 19.1 Å². The minimum atomic E-state index is -0.959. The van der Waals surface area contributed by atoms with Crippen LogP contribution in [0.4, 0.5) is 5.82 Å². The third kappa shape index (κ3) is 4.48. The molecule has 0 spiro atoms. The molecule has 0 radical (unpaired) electrons. The maximum absolute atomic E-state index is 11.0. The predicted molar refractivity (Wildman–Crippen MR) is 71.9 cm³/mol. The molecule has 0 aromatic carbocycles. The van der Waals surface area contributed by atoms with Gasteiger partial charge in [-0.15, -0.1) is 6.58 Å². The smallest absolute Gasteiger partial charge is 0.339 e. The number of aryl methyl sites for hydroxylation is 1. The number of pyridine rings is 1. The maximum atomic E-state index is 11.0. The average molecular weight is 252 g/mol. The molecule has 1 aromatic heterocycles. The van der Waals surface area contributed by atoms with Crippen LogP contribution in [0, 0.1) is 6.92 Å². The topological polar surface area (TPSA) is 62.2 Å². The molecule has 1 rings (SSSR count). The van der Waals surface area contributed by atoms with Crippen molar-refractivity contribution in [2.24, 2.45) is 0 Å². The van der Waals surface area contributed by atoms with Crippen LogP contribution in [0.1, 0.15) is 16.1 Å². The van der Waals surface area contributed by atoms with Crippen LogP contribution in [0.25, 0.3) is 0 Å². The average Bonchev–Trinajstić information content (AvgIpc) is 2.28. The number of hydrogen-bond acceptors (Lipinski definition) is 4. The Morgan fingerprint density at radius 2 is 2.41 bits per heavy atom. The van der Waals surface area contributed by atoms with Gasteiger partial charge in [0, 0.05) is 23.7 Å². The van der Waals surface area contributed by atoms with Gasteiger partial charge in [0.2, 0.25) is 0 Å². The number of anilines is 1. The Hall–Kier alpha value is -1.49. The van der Waals surface area contributed by atoms with Crippen LogP contribution in [0.5, 0.6) is 0 Å².